The van der Waals surface area contributed by atoms with Crippen LogP contribution in [-0.4, -0.2) is 38.1 Å². The zero-order valence-electron chi connectivity index (χ0n) is 18.6. The highest BCUT2D eigenvalue weighted by molar-refractivity contribution is 7.99. The molecule has 4 rings (SSSR count). The minimum absolute atomic E-state index is 0.132. The first-order valence-electron chi connectivity index (χ1n) is 10.1. The Balaban J connectivity index is 1.56. The van der Waals surface area contributed by atoms with Gasteiger partial charge in [-0.05, 0) is 55.1 Å². The molecular weight excluding hydrogens is 456 g/mol. The van der Waals surface area contributed by atoms with E-state index in [2.05, 4.69) is 21.6 Å². The lowest BCUT2D eigenvalue weighted by Gasteiger charge is -2.13. The third kappa shape index (κ3) is 4.37. The van der Waals surface area contributed by atoms with Gasteiger partial charge in [0.2, 0.25) is 5.91 Å². The molecule has 0 fully saturated rings. The Morgan fingerprint density at radius 1 is 1.24 bits per heavy atom. The van der Waals surface area contributed by atoms with Crippen molar-refractivity contribution >= 4 is 34.8 Å². The maximum atomic E-state index is 12.9. The van der Waals surface area contributed by atoms with Gasteiger partial charge >= 0.3 is 0 Å². The molecule has 0 aliphatic heterocycles. The highest BCUT2D eigenvalue weighted by atomic mass is 32.2. The largest absolute Gasteiger partial charge is 0.497 e. The second-order valence-corrected chi connectivity index (χ2v) is 9.15. The van der Waals surface area contributed by atoms with Crippen molar-refractivity contribution in [1.82, 2.24) is 19.3 Å². The quantitative estimate of drug-likeness (QED) is 0.391. The summed E-state index contributed by atoms with van der Waals surface area (Å²) in [5.41, 5.74) is 2.98. The minimum Gasteiger partial charge on any atom is -0.497 e. The number of methoxy groups -OCH3 is 1. The van der Waals surface area contributed by atoms with Crippen LogP contribution in [-0.2, 0) is 11.8 Å². The number of thioether (sulfide) groups is 1. The van der Waals surface area contributed by atoms with Crippen LogP contribution in [0.4, 0.5) is 5.82 Å². The van der Waals surface area contributed by atoms with Crippen LogP contribution in [0, 0.1) is 25.2 Å². The van der Waals surface area contributed by atoms with Gasteiger partial charge in [-0.2, -0.15) is 5.26 Å². The first-order chi connectivity index (χ1) is 15.9. The molecule has 3 heterocycles. The maximum absolute atomic E-state index is 12.9. The zero-order chi connectivity index (χ0) is 23.5. The Bertz CT molecular complexity index is 1330. The van der Waals surface area contributed by atoms with E-state index in [1.807, 2.05) is 71.8 Å². The molecule has 0 bridgehead atoms. The normalized spacial score (nSPS) is 10.8. The summed E-state index contributed by atoms with van der Waals surface area (Å²) >= 11 is 2.88. The van der Waals surface area contributed by atoms with Crippen molar-refractivity contribution in [2.24, 2.45) is 7.05 Å². The second kappa shape index (κ2) is 9.52. The molecule has 33 heavy (non-hydrogen) atoms. The first kappa shape index (κ1) is 22.6. The fraction of sp³-hybridized carbons (Fsp3) is 0.217. The molecule has 0 atom stereocenters. The van der Waals surface area contributed by atoms with E-state index in [4.69, 9.17) is 4.74 Å². The highest BCUT2D eigenvalue weighted by Gasteiger charge is 2.21. The molecule has 0 unspecified atom stereocenters. The number of nitrogens with one attached hydrogen (secondary N) is 1. The molecular formula is C23H22N6O2S2. The van der Waals surface area contributed by atoms with E-state index in [1.54, 1.807) is 18.4 Å². The number of amides is 1. The monoisotopic (exact) mass is 478 g/mol. The third-order valence-electron chi connectivity index (χ3n) is 5.32. The van der Waals surface area contributed by atoms with Crippen LogP contribution >= 0.6 is 23.1 Å². The predicted molar refractivity (Wildman–Crippen MR) is 130 cm³/mol. The Morgan fingerprint density at radius 3 is 2.64 bits per heavy atom. The van der Waals surface area contributed by atoms with Gasteiger partial charge in [0.15, 0.2) is 11.0 Å². The van der Waals surface area contributed by atoms with Crippen LogP contribution in [0.15, 0.2) is 46.9 Å². The molecule has 3 aromatic heterocycles. The predicted octanol–water partition coefficient (Wildman–Crippen LogP) is 4.56. The minimum atomic E-state index is -0.232. The van der Waals surface area contributed by atoms with Crippen LogP contribution in [0.1, 0.15) is 16.8 Å². The SMILES string of the molecule is COc1ccc(-n2c(C)c(C)c(C#N)c2NC(=O)CSc2nnc(-c3cccs3)n2C)cc1. The Morgan fingerprint density at radius 2 is 2.00 bits per heavy atom. The van der Waals surface area contributed by atoms with Gasteiger partial charge in [0.05, 0.1) is 23.3 Å². The van der Waals surface area contributed by atoms with Crippen molar-refractivity contribution in [1.29, 1.82) is 5.26 Å². The molecule has 1 amide bonds. The number of nitriles is 1. The van der Waals surface area contributed by atoms with Crippen LogP contribution in [0.2, 0.25) is 0 Å². The number of ether oxygens (including phenoxy) is 1. The number of aromatic nitrogens is 4. The maximum Gasteiger partial charge on any atom is 0.236 e. The zero-order valence-corrected chi connectivity index (χ0v) is 20.3. The van der Waals surface area contributed by atoms with E-state index in [0.717, 1.165) is 33.4 Å². The summed E-state index contributed by atoms with van der Waals surface area (Å²) in [6.07, 6.45) is 0. The standard InChI is InChI=1S/C23H22N6O2S2/c1-14-15(2)29(16-7-9-17(31-4)10-8-16)21(18(14)12-24)25-20(30)13-33-23-27-26-22(28(23)3)19-6-5-11-32-19/h5-11H,13H2,1-4H3,(H,25,30). The summed E-state index contributed by atoms with van der Waals surface area (Å²) in [6, 6.07) is 13.6. The molecule has 0 aliphatic rings. The number of rotatable bonds is 7. The van der Waals surface area contributed by atoms with E-state index in [0.29, 0.717) is 16.5 Å². The molecule has 1 aromatic carbocycles. The van der Waals surface area contributed by atoms with Crippen LogP contribution in [0.5, 0.6) is 5.75 Å². The number of anilines is 1. The Kier molecular flexibility index (Phi) is 6.53. The molecule has 0 aliphatic carbocycles. The van der Waals surface area contributed by atoms with Gasteiger partial charge in [-0.25, -0.2) is 0 Å². The molecule has 8 nitrogen and oxygen atoms in total. The van der Waals surface area contributed by atoms with Crippen molar-refractivity contribution in [2.45, 2.75) is 19.0 Å². The summed E-state index contributed by atoms with van der Waals surface area (Å²) in [5.74, 6) is 1.85. The third-order valence-corrected chi connectivity index (χ3v) is 7.21. The second-order valence-electron chi connectivity index (χ2n) is 7.26. The fourth-order valence-electron chi connectivity index (χ4n) is 3.47. The molecule has 1 N–H and O–H groups in total. The number of hydrogen-bond donors (Lipinski definition) is 1. The van der Waals surface area contributed by atoms with Gasteiger partial charge in [0, 0.05) is 18.4 Å². The lowest BCUT2D eigenvalue weighted by molar-refractivity contribution is -0.113. The highest BCUT2D eigenvalue weighted by Crippen LogP contribution is 2.31. The summed E-state index contributed by atoms with van der Waals surface area (Å²) in [7, 11) is 3.49. The lowest BCUT2D eigenvalue weighted by atomic mass is 10.2. The Hall–Kier alpha value is -3.55. The smallest absolute Gasteiger partial charge is 0.236 e. The number of hydrogen-bond acceptors (Lipinski definition) is 7. The summed E-state index contributed by atoms with van der Waals surface area (Å²) in [4.78, 5) is 13.9. The van der Waals surface area contributed by atoms with E-state index in [1.165, 1.54) is 11.8 Å². The number of thiophene rings is 1. The van der Waals surface area contributed by atoms with Gasteiger partial charge in [0.25, 0.3) is 0 Å². The molecule has 10 heteroatoms. The van der Waals surface area contributed by atoms with E-state index in [-0.39, 0.29) is 11.7 Å². The van der Waals surface area contributed by atoms with E-state index < -0.39 is 0 Å². The van der Waals surface area contributed by atoms with Gasteiger partial charge in [0.1, 0.15) is 17.6 Å². The molecule has 0 saturated heterocycles. The molecule has 0 radical (unpaired) electrons. The van der Waals surface area contributed by atoms with Gasteiger partial charge in [-0.15, -0.1) is 21.5 Å². The van der Waals surface area contributed by atoms with Crippen molar-refractivity contribution < 1.29 is 9.53 Å². The Labute approximate surface area is 199 Å². The van der Waals surface area contributed by atoms with Gasteiger partial charge < -0.3 is 14.6 Å². The van der Waals surface area contributed by atoms with Crippen molar-refractivity contribution in [3.05, 3.63) is 58.6 Å². The number of nitrogens with zero attached hydrogens (tertiary/aromatic N) is 5. The molecule has 0 saturated carbocycles. The number of carbonyl (C=O) groups excluding carboxylic acids is 1. The average Bonchev–Trinajstić information content (AvgIpc) is 3.52. The molecule has 0 spiro atoms. The van der Waals surface area contributed by atoms with Crippen molar-refractivity contribution in [3.8, 4) is 28.2 Å². The average molecular weight is 479 g/mol. The van der Waals surface area contributed by atoms with E-state index >= 15 is 0 Å². The number of benzene rings is 1. The topological polar surface area (TPSA) is 97.8 Å². The van der Waals surface area contributed by atoms with E-state index in [9.17, 15) is 10.1 Å². The van der Waals surface area contributed by atoms with Crippen molar-refractivity contribution in [3.63, 3.8) is 0 Å². The van der Waals surface area contributed by atoms with Crippen molar-refractivity contribution in [2.75, 3.05) is 18.2 Å². The van der Waals surface area contributed by atoms with Crippen LogP contribution in [0.25, 0.3) is 16.4 Å². The molecule has 4 aromatic rings. The molecule has 168 valence electrons. The fourth-order valence-corrected chi connectivity index (χ4v) is 4.93. The number of carbonyl (C=O) groups is 1. The van der Waals surface area contributed by atoms with Gasteiger partial charge in [-0.3, -0.25) is 9.36 Å². The van der Waals surface area contributed by atoms with Crippen LogP contribution < -0.4 is 10.1 Å². The van der Waals surface area contributed by atoms with Gasteiger partial charge in [-0.1, -0.05) is 17.8 Å². The summed E-state index contributed by atoms with van der Waals surface area (Å²) in [6.45, 7) is 3.81. The first-order valence-corrected chi connectivity index (χ1v) is 11.9. The summed E-state index contributed by atoms with van der Waals surface area (Å²) < 4.78 is 9.00. The lowest BCUT2D eigenvalue weighted by Crippen LogP contribution is -2.18. The van der Waals surface area contributed by atoms with Crippen LogP contribution in [0.3, 0.4) is 0 Å². The summed E-state index contributed by atoms with van der Waals surface area (Å²) in [5, 5.41) is 23.8.